The number of nitrogens with one attached hydrogen (secondary N) is 1. The van der Waals surface area contributed by atoms with E-state index in [-0.39, 0.29) is 12.5 Å². The number of anilines is 1. The number of benzene rings is 2. The van der Waals surface area contributed by atoms with Crippen molar-refractivity contribution in [3.05, 3.63) is 53.0 Å². The predicted octanol–water partition coefficient (Wildman–Crippen LogP) is 3.48. The highest BCUT2D eigenvalue weighted by Gasteiger charge is 2.08. The zero-order valence-electron chi connectivity index (χ0n) is 10.9. The summed E-state index contributed by atoms with van der Waals surface area (Å²) in [5.41, 5.74) is 0.600. The molecule has 1 N–H and O–H groups in total. The Kier molecular flexibility index (Phi) is 5.01. The van der Waals surface area contributed by atoms with Gasteiger partial charge in [0.05, 0.1) is 12.8 Å². The Bertz CT molecular complexity index is 587. The van der Waals surface area contributed by atoms with Gasteiger partial charge in [0.2, 0.25) is 0 Å². The van der Waals surface area contributed by atoms with Crippen molar-refractivity contribution in [3.63, 3.8) is 0 Å². The number of carbonyl (C=O) groups excluding carboxylic acids is 1. The number of hydrogen-bond acceptors (Lipinski definition) is 3. The van der Waals surface area contributed by atoms with Gasteiger partial charge in [-0.3, -0.25) is 4.79 Å². The molecule has 0 fully saturated rings. The van der Waals surface area contributed by atoms with E-state index >= 15 is 0 Å². The lowest BCUT2D eigenvalue weighted by Crippen LogP contribution is -2.20. The molecule has 2 aromatic rings. The Morgan fingerprint density at radius 1 is 1.20 bits per heavy atom. The molecule has 5 heteroatoms. The first-order valence-electron chi connectivity index (χ1n) is 6.00. The Balaban J connectivity index is 1.96. The van der Waals surface area contributed by atoms with Gasteiger partial charge in [-0.1, -0.05) is 34.1 Å². The van der Waals surface area contributed by atoms with Gasteiger partial charge in [0.1, 0.15) is 11.5 Å². The molecule has 4 nitrogen and oxygen atoms in total. The van der Waals surface area contributed by atoms with E-state index in [0.717, 1.165) is 4.47 Å². The Morgan fingerprint density at radius 2 is 1.95 bits per heavy atom. The second kappa shape index (κ2) is 6.96. The molecule has 0 aliphatic carbocycles. The average molecular weight is 336 g/mol. The summed E-state index contributed by atoms with van der Waals surface area (Å²) in [5, 5.41) is 2.75. The minimum atomic E-state index is -0.245. The predicted molar refractivity (Wildman–Crippen MR) is 81.3 cm³/mol. The van der Waals surface area contributed by atoms with Gasteiger partial charge in [-0.25, -0.2) is 0 Å². The quantitative estimate of drug-likeness (QED) is 0.909. The maximum Gasteiger partial charge on any atom is 0.262 e. The minimum Gasteiger partial charge on any atom is -0.495 e. The maximum absolute atomic E-state index is 11.9. The first kappa shape index (κ1) is 14.4. The number of rotatable bonds is 5. The van der Waals surface area contributed by atoms with E-state index in [1.165, 1.54) is 0 Å². The van der Waals surface area contributed by atoms with Crippen LogP contribution in [0, 0.1) is 0 Å². The van der Waals surface area contributed by atoms with E-state index in [0.29, 0.717) is 17.2 Å². The second-order valence-corrected chi connectivity index (χ2v) is 4.91. The SMILES string of the molecule is COc1ccc(Br)cc1NC(=O)COc1ccccc1. The van der Waals surface area contributed by atoms with Crippen molar-refractivity contribution >= 4 is 27.5 Å². The topological polar surface area (TPSA) is 47.6 Å². The number of halogens is 1. The van der Waals surface area contributed by atoms with Gasteiger partial charge < -0.3 is 14.8 Å². The molecule has 1 amide bonds. The largest absolute Gasteiger partial charge is 0.495 e. The second-order valence-electron chi connectivity index (χ2n) is 3.99. The van der Waals surface area contributed by atoms with E-state index in [2.05, 4.69) is 21.2 Å². The van der Waals surface area contributed by atoms with Gasteiger partial charge in [-0.15, -0.1) is 0 Å². The maximum atomic E-state index is 11.9. The number of ether oxygens (including phenoxy) is 2. The fraction of sp³-hybridized carbons (Fsp3) is 0.133. The van der Waals surface area contributed by atoms with Crippen molar-refractivity contribution in [2.24, 2.45) is 0 Å². The lowest BCUT2D eigenvalue weighted by molar-refractivity contribution is -0.118. The van der Waals surface area contributed by atoms with Gasteiger partial charge in [-0.05, 0) is 30.3 Å². The van der Waals surface area contributed by atoms with Crippen LogP contribution in [0.4, 0.5) is 5.69 Å². The van der Waals surface area contributed by atoms with Crippen LogP contribution in [0.1, 0.15) is 0 Å². The molecule has 0 heterocycles. The van der Waals surface area contributed by atoms with E-state index in [9.17, 15) is 4.79 Å². The lowest BCUT2D eigenvalue weighted by Gasteiger charge is -2.11. The van der Waals surface area contributed by atoms with Crippen molar-refractivity contribution in [1.82, 2.24) is 0 Å². The molecule has 0 saturated carbocycles. The van der Waals surface area contributed by atoms with Crippen LogP contribution in [0.3, 0.4) is 0 Å². The van der Waals surface area contributed by atoms with E-state index in [4.69, 9.17) is 9.47 Å². The number of carbonyl (C=O) groups is 1. The highest BCUT2D eigenvalue weighted by molar-refractivity contribution is 9.10. The van der Waals surface area contributed by atoms with E-state index in [1.807, 2.05) is 24.3 Å². The number of hydrogen-bond donors (Lipinski definition) is 1. The van der Waals surface area contributed by atoms with Crippen LogP contribution < -0.4 is 14.8 Å². The highest BCUT2D eigenvalue weighted by Crippen LogP contribution is 2.27. The van der Waals surface area contributed by atoms with Crippen molar-refractivity contribution in [3.8, 4) is 11.5 Å². The third-order valence-corrected chi connectivity index (χ3v) is 3.04. The van der Waals surface area contributed by atoms with Crippen molar-refractivity contribution in [2.45, 2.75) is 0 Å². The van der Waals surface area contributed by atoms with Crippen LogP contribution in [-0.2, 0) is 4.79 Å². The summed E-state index contributed by atoms with van der Waals surface area (Å²) in [7, 11) is 1.55. The standard InChI is InChI=1S/C15H14BrNO3/c1-19-14-8-7-11(16)9-13(14)17-15(18)10-20-12-5-3-2-4-6-12/h2-9H,10H2,1H3,(H,17,18). The normalized spacial score (nSPS) is 9.90. The zero-order valence-corrected chi connectivity index (χ0v) is 12.5. The summed E-state index contributed by atoms with van der Waals surface area (Å²) in [6, 6.07) is 14.6. The smallest absolute Gasteiger partial charge is 0.262 e. The molecular formula is C15H14BrNO3. The molecule has 0 radical (unpaired) electrons. The van der Waals surface area contributed by atoms with Crippen LogP contribution in [0.5, 0.6) is 11.5 Å². The molecule has 0 aliphatic heterocycles. The molecule has 20 heavy (non-hydrogen) atoms. The number of methoxy groups -OCH3 is 1. The summed E-state index contributed by atoms with van der Waals surface area (Å²) in [5.74, 6) is 1.01. The fourth-order valence-corrected chi connectivity index (χ4v) is 1.99. The molecule has 0 atom stereocenters. The number of amides is 1. The van der Waals surface area contributed by atoms with Crippen LogP contribution in [0.25, 0.3) is 0 Å². The molecule has 2 aromatic carbocycles. The lowest BCUT2D eigenvalue weighted by atomic mass is 10.3. The first-order valence-corrected chi connectivity index (χ1v) is 6.79. The summed E-state index contributed by atoms with van der Waals surface area (Å²) in [6.07, 6.45) is 0. The minimum absolute atomic E-state index is 0.0559. The molecule has 0 bridgehead atoms. The Morgan fingerprint density at radius 3 is 2.65 bits per heavy atom. The van der Waals surface area contributed by atoms with E-state index in [1.54, 1.807) is 31.4 Å². The van der Waals surface area contributed by atoms with Crippen LogP contribution in [0.15, 0.2) is 53.0 Å². The van der Waals surface area contributed by atoms with Gasteiger partial charge >= 0.3 is 0 Å². The van der Waals surface area contributed by atoms with Gasteiger partial charge in [0.15, 0.2) is 6.61 Å². The summed E-state index contributed by atoms with van der Waals surface area (Å²) in [4.78, 5) is 11.9. The molecule has 0 aliphatic rings. The van der Waals surface area contributed by atoms with Gasteiger partial charge in [0.25, 0.3) is 5.91 Å². The molecule has 0 aromatic heterocycles. The Hall–Kier alpha value is -2.01. The third kappa shape index (κ3) is 3.99. The van der Waals surface area contributed by atoms with Crippen molar-refractivity contribution in [2.75, 3.05) is 19.0 Å². The molecular weight excluding hydrogens is 322 g/mol. The molecule has 0 spiro atoms. The highest BCUT2D eigenvalue weighted by atomic mass is 79.9. The Labute approximate surface area is 125 Å². The van der Waals surface area contributed by atoms with Gasteiger partial charge in [0, 0.05) is 4.47 Å². The summed E-state index contributed by atoms with van der Waals surface area (Å²) < 4.78 is 11.4. The average Bonchev–Trinajstić information content (AvgIpc) is 2.46. The third-order valence-electron chi connectivity index (χ3n) is 2.55. The monoisotopic (exact) mass is 335 g/mol. The summed E-state index contributed by atoms with van der Waals surface area (Å²) >= 11 is 3.35. The van der Waals surface area contributed by atoms with Crippen molar-refractivity contribution < 1.29 is 14.3 Å². The molecule has 0 unspecified atom stereocenters. The zero-order chi connectivity index (χ0) is 14.4. The van der Waals surface area contributed by atoms with Crippen LogP contribution in [0.2, 0.25) is 0 Å². The molecule has 0 saturated heterocycles. The first-order chi connectivity index (χ1) is 9.69. The number of para-hydroxylation sites is 1. The van der Waals surface area contributed by atoms with Crippen molar-refractivity contribution in [1.29, 1.82) is 0 Å². The fourth-order valence-electron chi connectivity index (χ4n) is 1.63. The van der Waals surface area contributed by atoms with Crippen LogP contribution >= 0.6 is 15.9 Å². The summed E-state index contributed by atoms with van der Waals surface area (Å²) in [6.45, 7) is -0.0559. The van der Waals surface area contributed by atoms with Gasteiger partial charge in [-0.2, -0.15) is 0 Å². The van der Waals surface area contributed by atoms with E-state index < -0.39 is 0 Å². The van der Waals surface area contributed by atoms with Crippen LogP contribution in [-0.4, -0.2) is 19.6 Å². The molecule has 2 rings (SSSR count). The molecule has 104 valence electrons.